The normalized spacial score (nSPS) is 26.0. The highest BCUT2D eigenvalue weighted by Crippen LogP contribution is 2.31. The lowest BCUT2D eigenvalue weighted by Gasteiger charge is -2.17. The van der Waals surface area contributed by atoms with Gasteiger partial charge in [0.05, 0.1) is 6.61 Å². The average Bonchev–Trinajstić information content (AvgIpc) is 2.70. The highest BCUT2D eigenvalue weighted by molar-refractivity contribution is 6.18. The minimum atomic E-state index is 0.746. The van der Waals surface area contributed by atoms with Crippen LogP contribution in [0, 0.1) is 11.8 Å². The Morgan fingerprint density at radius 1 is 1.27 bits per heavy atom. The summed E-state index contributed by atoms with van der Waals surface area (Å²) in [7, 11) is 0. The molecule has 1 fully saturated rings. The van der Waals surface area contributed by atoms with Crippen molar-refractivity contribution >= 4 is 11.6 Å². The maximum absolute atomic E-state index is 5.93. The smallest absolute Gasteiger partial charge is 0.0590 e. The molecule has 0 spiro atoms. The van der Waals surface area contributed by atoms with E-state index in [1.807, 2.05) is 0 Å². The maximum atomic E-state index is 5.93. The van der Waals surface area contributed by atoms with Crippen molar-refractivity contribution in [3.8, 4) is 0 Å². The van der Waals surface area contributed by atoms with Crippen LogP contribution in [0.5, 0.6) is 0 Å². The van der Waals surface area contributed by atoms with E-state index in [2.05, 4.69) is 12.2 Å². The van der Waals surface area contributed by atoms with E-state index in [1.54, 1.807) is 0 Å². The van der Waals surface area contributed by atoms with E-state index in [0.29, 0.717) is 0 Å². The van der Waals surface area contributed by atoms with Crippen molar-refractivity contribution in [2.45, 2.75) is 32.6 Å². The van der Waals surface area contributed by atoms with Gasteiger partial charge < -0.3 is 10.1 Å². The number of rotatable bonds is 8. The first-order valence-corrected chi connectivity index (χ1v) is 6.76. The van der Waals surface area contributed by atoms with Crippen LogP contribution in [-0.4, -0.2) is 32.2 Å². The Morgan fingerprint density at radius 3 is 2.80 bits per heavy atom. The van der Waals surface area contributed by atoms with E-state index >= 15 is 0 Å². The third kappa shape index (κ3) is 5.19. The van der Waals surface area contributed by atoms with Crippen molar-refractivity contribution < 1.29 is 4.74 Å². The van der Waals surface area contributed by atoms with Gasteiger partial charge >= 0.3 is 0 Å². The molecule has 0 aliphatic heterocycles. The zero-order valence-corrected chi connectivity index (χ0v) is 10.6. The molecule has 2 unspecified atom stereocenters. The van der Waals surface area contributed by atoms with Gasteiger partial charge in [0.15, 0.2) is 0 Å². The summed E-state index contributed by atoms with van der Waals surface area (Å²) in [6.07, 6.45) is 5.13. The molecule has 2 nitrogen and oxygen atoms in total. The van der Waals surface area contributed by atoms with E-state index in [1.165, 1.54) is 19.3 Å². The zero-order chi connectivity index (χ0) is 10.9. The lowest BCUT2D eigenvalue weighted by Crippen LogP contribution is -2.28. The summed E-state index contributed by atoms with van der Waals surface area (Å²) in [5, 5.41) is 3.47. The first-order chi connectivity index (χ1) is 7.38. The molecule has 0 bridgehead atoms. The summed E-state index contributed by atoms with van der Waals surface area (Å²) in [6.45, 7) is 5.96. The fraction of sp³-hybridized carbons (Fsp3) is 1.00. The fourth-order valence-electron chi connectivity index (χ4n) is 2.26. The summed E-state index contributed by atoms with van der Waals surface area (Å²) in [5.41, 5.74) is 0. The van der Waals surface area contributed by atoms with Gasteiger partial charge in [0.25, 0.3) is 0 Å². The van der Waals surface area contributed by atoms with Gasteiger partial charge in [-0.05, 0) is 37.6 Å². The van der Waals surface area contributed by atoms with Crippen molar-refractivity contribution in [2.75, 3.05) is 32.2 Å². The minimum absolute atomic E-state index is 0.746. The van der Waals surface area contributed by atoms with E-state index in [9.17, 15) is 0 Å². The van der Waals surface area contributed by atoms with Crippen LogP contribution in [-0.2, 0) is 4.74 Å². The average molecular weight is 234 g/mol. The van der Waals surface area contributed by atoms with Gasteiger partial charge in [-0.1, -0.05) is 13.3 Å². The molecule has 0 amide bonds. The summed E-state index contributed by atoms with van der Waals surface area (Å²) in [6, 6.07) is 0. The van der Waals surface area contributed by atoms with Gasteiger partial charge in [-0.15, -0.1) is 11.6 Å². The van der Waals surface area contributed by atoms with E-state index < -0.39 is 0 Å². The molecule has 0 saturated heterocycles. The van der Waals surface area contributed by atoms with Crippen molar-refractivity contribution in [1.82, 2.24) is 5.32 Å². The van der Waals surface area contributed by atoms with Crippen molar-refractivity contribution in [1.29, 1.82) is 0 Å². The second kappa shape index (κ2) is 8.37. The Labute approximate surface area is 98.7 Å². The molecule has 3 heteroatoms. The lowest BCUT2D eigenvalue weighted by atomic mass is 9.98. The Hall–Kier alpha value is 0.210. The van der Waals surface area contributed by atoms with Crippen molar-refractivity contribution in [2.24, 2.45) is 11.8 Å². The van der Waals surface area contributed by atoms with E-state index in [0.717, 1.165) is 50.4 Å². The maximum Gasteiger partial charge on any atom is 0.0590 e. The highest BCUT2D eigenvalue weighted by Gasteiger charge is 2.25. The standard InChI is InChI=1S/C12H24ClNO/c1-2-7-15-8-6-14-10-12-5-3-4-11(12)9-13/h11-12,14H,2-10H2,1H3. The predicted octanol–water partition coefficient (Wildman–Crippen LogP) is 2.66. The first kappa shape index (κ1) is 13.3. The third-order valence-electron chi connectivity index (χ3n) is 3.19. The molecule has 0 aromatic heterocycles. The zero-order valence-electron chi connectivity index (χ0n) is 9.80. The van der Waals surface area contributed by atoms with Crippen LogP contribution in [0.25, 0.3) is 0 Å². The molecular weight excluding hydrogens is 210 g/mol. The molecule has 1 aliphatic rings. The molecule has 1 aliphatic carbocycles. The number of halogens is 1. The summed E-state index contributed by atoms with van der Waals surface area (Å²) < 4.78 is 5.41. The summed E-state index contributed by atoms with van der Waals surface area (Å²) in [5.74, 6) is 2.38. The second-order valence-electron chi connectivity index (χ2n) is 4.42. The van der Waals surface area contributed by atoms with Gasteiger partial charge in [-0.25, -0.2) is 0 Å². The van der Waals surface area contributed by atoms with E-state index in [-0.39, 0.29) is 0 Å². The monoisotopic (exact) mass is 233 g/mol. The number of hydrogen-bond acceptors (Lipinski definition) is 2. The number of nitrogens with one attached hydrogen (secondary N) is 1. The molecular formula is C12H24ClNO. The minimum Gasteiger partial charge on any atom is -0.380 e. The molecule has 15 heavy (non-hydrogen) atoms. The van der Waals surface area contributed by atoms with Crippen LogP contribution in [0.1, 0.15) is 32.6 Å². The van der Waals surface area contributed by atoms with Gasteiger partial charge in [0, 0.05) is 19.0 Å². The van der Waals surface area contributed by atoms with Gasteiger partial charge in [-0.3, -0.25) is 0 Å². The molecule has 2 atom stereocenters. The predicted molar refractivity (Wildman–Crippen MR) is 65.5 cm³/mol. The van der Waals surface area contributed by atoms with E-state index in [4.69, 9.17) is 16.3 Å². The molecule has 90 valence electrons. The van der Waals surface area contributed by atoms with Crippen LogP contribution < -0.4 is 5.32 Å². The fourth-order valence-corrected chi connectivity index (χ4v) is 2.67. The Balaban J connectivity index is 1.95. The largest absolute Gasteiger partial charge is 0.380 e. The van der Waals surface area contributed by atoms with Crippen LogP contribution in [0.2, 0.25) is 0 Å². The van der Waals surface area contributed by atoms with Gasteiger partial charge in [-0.2, -0.15) is 0 Å². The van der Waals surface area contributed by atoms with Crippen LogP contribution in [0.15, 0.2) is 0 Å². The number of ether oxygens (including phenoxy) is 1. The number of hydrogen-bond donors (Lipinski definition) is 1. The van der Waals surface area contributed by atoms with Crippen molar-refractivity contribution in [3.05, 3.63) is 0 Å². The number of alkyl halides is 1. The molecule has 1 rings (SSSR count). The Bertz CT molecular complexity index is 155. The molecule has 0 aromatic carbocycles. The van der Waals surface area contributed by atoms with Crippen LogP contribution >= 0.6 is 11.6 Å². The van der Waals surface area contributed by atoms with Crippen LogP contribution in [0.4, 0.5) is 0 Å². The molecule has 0 radical (unpaired) electrons. The summed E-state index contributed by atoms with van der Waals surface area (Å²) in [4.78, 5) is 0. The Morgan fingerprint density at radius 2 is 2.07 bits per heavy atom. The first-order valence-electron chi connectivity index (χ1n) is 6.23. The quantitative estimate of drug-likeness (QED) is 0.514. The molecule has 1 N–H and O–H groups in total. The molecule has 1 saturated carbocycles. The molecule has 0 aromatic rings. The Kier molecular flexibility index (Phi) is 7.41. The lowest BCUT2D eigenvalue weighted by molar-refractivity contribution is 0.135. The van der Waals surface area contributed by atoms with Gasteiger partial charge in [0.2, 0.25) is 0 Å². The SMILES string of the molecule is CCCOCCNCC1CCCC1CCl. The van der Waals surface area contributed by atoms with Crippen molar-refractivity contribution in [3.63, 3.8) is 0 Å². The second-order valence-corrected chi connectivity index (χ2v) is 4.73. The highest BCUT2D eigenvalue weighted by atomic mass is 35.5. The summed E-state index contributed by atoms with van der Waals surface area (Å²) >= 11 is 5.93. The topological polar surface area (TPSA) is 21.3 Å². The van der Waals surface area contributed by atoms with Crippen LogP contribution in [0.3, 0.4) is 0 Å². The van der Waals surface area contributed by atoms with Gasteiger partial charge in [0.1, 0.15) is 0 Å². The molecule has 0 heterocycles. The third-order valence-corrected chi connectivity index (χ3v) is 3.59.